The van der Waals surface area contributed by atoms with Gasteiger partial charge in [0.25, 0.3) is 0 Å². The third-order valence-corrected chi connectivity index (χ3v) is 0.413. The second kappa shape index (κ2) is 1.64. The molecule has 7 heavy (non-hydrogen) atoms. The third-order valence-electron chi connectivity index (χ3n) is 0.413. The fourth-order valence-electron chi connectivity index (χ4n) is 0.196. The zero-order valence-corrected chi connectivity index (χ0v) is 3.27. The van der Waals surface area contributed by atoms with Crippen LogP contribution in [0.2, 0.25) is 0 Å². The van der Waals surface area contributed by atoms with Gasteiger partial charge in [-0.15, -0.1) is 0 Å². The van der Waals surface area contributed by atoms with Crippen LogP contribution in [-0.2, 0) is 0 Å². The molecule has 2 nitrogen and oxygen atoms in total. The van der Waals surface area contributed by atoms with Crippen molar-refractivity contribution in [1.82, 2.24) is 9.97 Å². The van der Waals surface area contributed by atoms with Gasteiger partial charge >= 0.3 is 0 Å². The average Bonchev–Trinajstić information content (AvgIpc) is 1.82. The van der Waals surface area contributed by atoms with E-state index in [0.29, 0.717) is 0 Å². The van der Waals surface area contributed by atoms with Crippen LogP contribution in [0.1, 0.15) is 4.11 Å². The lowest BCUT2D eigenvalue weighted by Gasteiger charge is -1.77. The van der Waals surface area contributed by atoms with E-state index < -0.39 is 24.5 Å². The topological polar surface area (TPSA) is 25.8 Å². The van der Waals surface area contributed by atoms with Gasteiger partial charge < -0.3 is 0 Å². The highest BCUT2D eigenvalue weighted by atomic mass is 19.1. The van der Waals surface area contributed by atoms with Gasteiger partial charge in [-0.3, -0.25) is 0 Å². The summed E-state index contributed by atoms with van der Waals surface area (Å²) >= 11 is 0. The van der Waals surface area contributed by atoms with Gasteiger partial charge in [0.2, 0.25) is 5.95 Å². The molecular formula is C4H3FN2. The maximum Gasteiger partial charge on any atom is 0.215 e. The van der Waals surface area contributed by atoms with Crippen molar-refractivity contribution in [2.24, 2.45) is 0 Å². The first-order valence-corrected chi connectivity index (χ1v) is 1.58. The van der Waals surface area contributed by atoms with Crippen molar-refractivity contribution in [3.8, 4) is 0 Å². The summed E-state index contributed by atoms with van der Waals surface area (Å²) in [6.07, 6.45) is -1.13. The highest BCUT2D eigenvalue weighted by molar-refractivity contribution is 4.79. The predicted molar refractivity (Wildman–Crippen MR) is 22.0 cm³/mol. The molecule has 0 spiro atoms. The van der Waals surface area contributed by atoms with Crippen LogP contribution in [0.5, 0.6) is 0 Å². The van der Waals surface area contributed by atoms with Crippen molar-refractivity contribution in [3.63, 3.8) is 0 Å². The van der Waals surface area contributed by atoms with Gasteiger partial charge in [0.1, 0.15) is 7.67 Å². The van der Waals surface area contributed by atoms with Crippen LogP contribution in [-0.4, -0.2) is 9.97 Å². The highest BCUT2D eigenvalue weighted by Gasteiger charge is 1.79. The molecule has 0 aromatic carbocycles. The van der Waals surface area contributed by atoms with Gasteiger partial charge in [-0.1, -0.05) is 0 Å². The number of hydrogen-bond acceptors (Lipinski definition) is 2. The summed E-state index contributed by atoms with van der Waals surface area (Å²) in [4.78, 5) is 6.04. The zero-order chi connectivity index (χ0) is 7.72. The van der Waals surface area contributed by atoms with E-state index in [1.54, 1.807) is 0 Å². The maximum absolute atomic E-state index is 12.3. The Labute approximate surface area is 44.3 Å². The van der Waals surface area contributed by atoms with Crippen LogP contribution in [0.25, 0.3) is 0 Å². The molecule has 0 radical (unpaired) electrons. The minimum atomic E-state index is -1.12. The summed E-state index contributed by atoms with van der Waals surface area (Å²) in [5.74, 6) is -1.12. The molecular weight excluding hydrogens is 95.1 g/mol. The monoisotopic (exact) mass is 101 g/mol. The van der Waals surface area contributed by atoms with Crippen molar-refractivity contribution in [1.29, 1.82) is 0 Å². The van der Waals surface area contributed by atoms with Gasteiger partial charge in [0.05, 0.1) is 2.74 Å². The maximum atomic E-state index is 12.3. The molecule has 1 aromatic heterocycles. The number of halogens is 1. The first-order chi connectivity index (χ1) is 4.61. The molecule has 0 saturated heterocycles. The first kappa shape index (κ1) is 1.86. The van der Waals surface area contributed by atoms with E-state index in [0.717, 1.165) is 0 Å². The Morgan fingerprint density at radius 3 is 3.43 bits per heavy atom. The second-order valence-electron chi connectivity index (χ2n) is 0.851. The molecule has 1 heterocycles. The number of hydrogen-bond donors (Lipinski definition) is 0. The van der Waals surface area contributed by atoms with Crippen LogP contribution < -0.4 is 0 Å². The molecule has 1 aromatic rings. The molecule has 0 fully saturated rings. The molecule has 1 rings (SSSR count). The van der Waals surface area contributed by atoms with Gasteiger partial charge in [-0.05, 0) is 0 Å². The Morgan fingerprint density at radius 2 is 2.71 bits per heavy atom. The lowest BCUT2D eigenvalue weighted by atomic mass is 10.7. The molecule has 0 aliphatic rings. The smallest absolute Gasteiger partial charge is 0.215 e. The fraction of sp³-hybridized carbons (Fsp3) is 0. The van der Waals surface area contributed by atoms with E-state index >= 15 is 0 Å². The van der Waals surface area contributed by atoms with E-state index in [2.05, 4.69) is 9.97 Å². The molecule has 0 aliphatic carbocycles. The van der Waals surface area contributed by atoms with Crippen LogP contribution in [0.4, 0.5) is 4.39 Å². The SMILES string of the molecule is [2H]c1nc([2H])c([2H])c(F)n1. The zero-order valence-electron chi connectivity index (χ0n) is 6.27. The third kappa shape index (κ3) is 0.924. The predicted octanol–water partition coefficient (Wildman–Crippen LogP) is 0.616. The molecule has 3 heteroatoms. The van der Waals surface area contributed by atoms with E-state index in [-0.39, 0.29) is 0 Å². The summed E-state index contributed by atoms with van der Waals surface area (Å²) in [6, 6.07) is -0.670. The summed E-state index contributed by atoms with van der Waals surface area (Å²) in [5.41, 5.74) is 0. The first-order valence-electron chi connectivity index (χ1n) is 3.08. The van der Waals surface area contributed by atoms with Crippen molar-refractivity contribution in [3.05, 3.63) is 24.5 Å². The molecule has 0 atom stereocenters. The van der Waals surface area contributed by atoms with Crippen molar-refractivity contribution < 1.29 is 8.50 Å². The molecule has 0 unspecified atom stereocenters. The van der Waals surface area contributed by atoms with Crippen LogP contribution in [0, 0.1) is 5.95 Å². The largest absolute Gasteiger partial charge is 0.245 e. The van der Waals surface area contributed by atoms with E-state index in [4.69, 9.17) is 4.11 Å². The Kier molecular flexibility index (Phi) is 0.435. The standard InChI is InChI=1S/C4H3FN2/c5-4-1-2-6-3-7-4/h1-3H/i1D,2D,3D. The van der Waals surface area contributed by atoms with Crippen LogP contribution in [0.15, 0.2) is 18.5 Å². The lowest BCUT2D eigenvalue weighted by Crippen LogP contribution is -1.78. The summed E-state index contributed by atoms with van der Waals surface area (Å²) in [5, 5.41) is 0. The van der Waals surface area contributed by atoms with Gasteiger partial charge in [0, 0.05) is 12.2 Å². The number of nitrogens with zero attached hydrogens (tertiary/aromatic N) is 2. The molecule has 0 aliphatic heterocycles. The fourth-order valence-corrected chi connectivity index (χ4v) is 0.196. The lowest BCUT2D eigenvalue weighted by molar-refractivity contribution is 0.579. The average molecular weight is 101 g/mol. The van der Waals surface area contributed by atoms with E-state index in [9.17, 15) is 4.39 Å². The Balaban J connectivity index is 3.31. The second-order valence-corrected chi connectivity index (χ2v) is 0.851. The Hall–Kier alpha value is -0.990. The highest BCUT2D eigenvalue weighted by Crippen LogP contribution is 1.82. The van der Waals surface area contributed by atoms with Crippen LogP contribution in [0.3, 0.4) is 0 Å². The number of aromatic nitrogens is 2. The van der Waals surface area contributed by atoms with Crippen molar-refractivity contribution in [2.45, 2.75) is 0 Å². The van der Waals surface area contributed by atoms with Gasteiger partial charge in [-0.25, -0.2) is 9.97 Å². The number of rotatable bonds is 0. The summed E-state index contributed by atoms with van der Waals surface area (Å²) in [6.45, 7) is 0. The van der Waals surface area contributed by atoms with Crippen molar-refractivity contribution >= 4 is 0 Å². The molecule has 0 saturated carbocycles. The van der Waals surface area contributed by atoms with E-state index in [1.807, 2.05) is 0 Å². The Morgan fingerprint density at radius 1 is 1.86 bits per heavy atom. The summed E-state index contributed by atoms with van der Waals surface area (Å²) in [7, 11) is 0. The van der Waals surface area contributed by atoms with Crippen LogP contribution >= 0.6 is 0 Å². The molecule has 0 amide bonds. The quantitative estimate of drug-likeness (QED) is 0.447. The molecule has 36 valence electrons. The van der Waals surface area contributed by atoms with Crippen molar-refractivity contribution in [2.75, 3.05) is 0 Å². The molecule has 0 N–H and O–H groups in total. The normalized spacial score (nSPS) is 14.7. The van der Waals surface area contributed by atoms with Gasteiger partial charge in [0.15, 0.2) is 0 Å². The Bertz CT molecular complexity index is 242. The minimum absolute atomic E-state index is 0.558. The van der Waals surface area contributed by atoms with E-state index in [1.165, 1.54) is 0 Å². The summed E-state index contributed by atoms with van der Waals surface area (Å²) < 4.78 is 32.5. The minimum Gasteiger partial charge on any atom is -0.245 e. The molecule has 0 bridgehead atoms. The van der Waals surface area contributed by atoms with Gasteiger partial charge in [-0.2, -0.15) is 4.39 Å².